The van der Waals surface area contributed by atoms with Crippen LogP contribution in [0.5, 0.6) is 0 Å². The number of nitrogens with one attached hydrogen (secondary N) is 1. The zero-order valence-electron chi connectivity index (χ0n) is 21.3. The topological polar surface area (TPSA) is 131 Å². The van der Waals surface area contributed by atoms with Crippen molar-refractivity contribution < 1.29 is 18.3 Å². The van der Waals surface area contributed by atoms with Crippen molar-refractivity contribution in [1.82, 2.24) is 14.9 Å². The lowest BCUT2D eigenvalue weighted by atomic mass is 9.91. The summed E-state index contributed by atoms with van der Waals surface area (Å²) in [6, 6.07) is 10.5. The minimum absolute atomic E-state index is 0.0129. The molecule has 3 heterocycles. The number of sulfonamides is 1. The largest absolute Gasteiger partial charge is 0.367 e. The first kappa shape index (κ1) is 27.5. The molecule has 0 spiro atoms. The molecule has 0 saturated carbocycles. The maximum absolute atomic E-state index is 11.7. The van der Waals surface area contributed by atoms with Gasteiger partial charge in [0.05, 0.1) is 5.60 Å². The SMILES string of the molecule is CC(C)(C)OC(O)N1C[C@@H](CCC(Cc2ccccn2)Nc2cccc(S(N)(=O)=O)n2)CC1(C)C. The number of aliphatic hydroxyl groups excluding tert-OH is 1. The molecule has 1 fully saturated rings. The molecule has 3 rings (SSSR count). The molecule has 0 bridgehead atoms. The van der Waals surface area contributed by atoms with E-state index in [1.807, 2.05) is 43.9 Å². The molecule has 3 atom stereocenters. The number of hydrogen-bond acceptors (Lipinski definition) is 8. The van der Waals surface area contributed by atoms with Crippen molar-refractivity contribution in [3.05, 3.63) is 48.3 Å². The molecule has 0 amide bonds. The van der Waals surface area contributed by atoms with Crippen molar-refractivity contribution in [1.29, 1.82) is 0 Å². The molecule has 9 nitrogen and oxygen atoms in total. The van der Waals surface area contributed by atoms with E-state index in [1.54, 1.807) is 18.3 Å². The third kappa shape index (κ3) is 8.22. The summed E-state index contributed by atoms with van der Waals surface area (Å²) in [7, 11) is -3.89. The quantitative estimate of drug-likeness (QED) is 0.420. The van der Waals surface area contributed by atoms with Gasteiger partial charge in [-0.25, -0.2) is 23.4 Å². The van der Waals surface area contributed by atoms with Gasteiger partial charge in [0.2, 0.25) is 6.41 Å². The maximum atomic E-state index is 11.7. The van der Waals surface area contributed by atoms with Crippen LogP contribution >= 0.6 is 0 Å². The van der Waals surface area contributed by atoms with Crippen LogP contribution in [0.2, 0.25) is 0 Å². The van der Waals surface area contributed by atoms with E-state index < -0.39 is 22.0 Å². The Bertz CT molecular complexity index is 1070. The highest BCUT2D eigenvalue weighted by atomic mass is 32.2. The predicted octanol–water partition coefficient (Wildman–Crippen LogP) is 3.12. The van der Waals surface area contributed by atoms with Crippen LogP contribution in [0.25, 0.3) is 0 Å². The van der Waals surface area contributed by atoms with Gasteiger partial charge in [0.15, 0.2) is 5.03 Å². The summed E-state index contributed by atoms with van der Waals surface area (Å²) in [6.07, 6.45) is 4.15. The maximum Gasteiger partial charge on any atom is 0.255 e. The van der Waals surface area contributed by atoms with Crippen LogP contribution in [0.4, 0.5) is 5.82 Å². The zero-order valence-corrected chi connectivity index (χ0v) is 22.1. The monoisotopic (exact) mass is 505 g/mol. The smallest absolute Gasteiger partial charge is 0.255 e. The molecule has 2 aromatic rings. The predicted molar refractivity (Wildman–Crippen MR) is 136 cm³/mol. The van der Waals surface area contributed by atoms with Gasteiger partial charge in [-0.3, -0.25) is 4.98 Å². The highest BCUT2D eigenvalue weighted by Gasteiger charge is 2.42. The Morgan fingerprint density at radius 2 is 2.00 bits per heavy atom. The van der Waals surface area contributed by atoms with Gasteiger partial charge in [-0.05, 0) is 84.1 Å². The first-order chi connectivity index (χ1) is 16.2. The molecule has 1 saturated heterocycles. The number of rotatable bonds is 10. The molecular weight excluding hydrogens is 466 g/mol. The molecule has 35 heavy (non-hydrogen) atoms. The van der Waals surface area contributed by atoms with Crippen LogP contribution in [0.1, 0.15) is 59.6 Å². The molecule has 194 valence electrons. The summed E-state index contributed by atoms with van der Waals surface area (Å²) < 4.78 is 29.3. The van der Waals surface area contributed by atoms with Gasteiger partial charge in [0.25, 0.3) is 10.0 Å². The van der Waals surface area contributed by atoms with E-state index in [1.165, 1.54) is 6.07 Å². The molecule has 1 aliphatic rings. The Labute approximate surface area is 209 Å². The van der Waals surface area contributed by atoms with E-state index in [4.69, 9.17) is 9.88 Å². The summed E-state index contributed by atoms with van der Waals surface area (Å²) in [4.78, 5) is 10.7. The fourth-order valence-corrected chi connectivity index (χ4v) is 5.17. The summed E-state index contributed by atoms with van der Waals surface area (Å²) in [5.41, 5.74) is 0.309. The lowest BCUT2D eigenvalue weighted by Crippen LogP contribution is -2.49. The standard InChI is InChI=1S/C25H39N5O4S/c1-24(2,3)34-23(31)30-17-18(16-25(30,4)5)12-13-20(15-19-9-6-7-14-27-19)28-21-10-8-11-22(29-21)35(26,32)33/h6-11,14,18,20,23,31H,12-13,15-17H2,1-5H3,(H,28,29)(H2,26,32,33)/t18-,20?,23?/m0/s1. The first-order valence-electron chi connectivity index (χ1n) is 12.0. The van der Waals surface area contributed by atoms with Gasteiger partial charge < -0.3 is 15.2 Å². The average Bonchev–Trinajstić information content (AvgIpc) is 3.05. The molecule has 4 N–H and O–H groups in total. The highest BCUT2D eigenvalue weighted by Crippen LogP contribution is 2.37. The first-order valence-corrected chi connectivity index (χ1v) is 13.6. The summed E-state index contributed by atoms with van der Waals surface area (Å²) in [5, 5.41) is 19.2. The van der Waals surface area contributed by atoms with E-state index in [0.717, 1.165) is 31.5 Å². The van der Waals surface area contributed by atoms with E-state index in [0.29, 0.717) is 18.2 Å². The van der Waals surface area contributed by atoms with Crippen molar-refractivity contribution in [2.24, 2.45) is 11.1 Å². The normalized spacial score (nSPS) is 20.5. The van der Waals surface area contributed by atoms with Crippen molar-refractivity contribution in [2.75, 3.05) is 11.9 Å². The Morgan fingerprint density at radius 3 is 2.63 bits per heavy atom. The Kier molecular flexibility index (Phi) is 8.54. The number of hydrogen-bond donors (Lipinski definition) is 3. The van der Waals surface area contributed by atoms with Crippen LogP contribution < -0.4 is 10.5 Å². The second-order valence-corrected chi connectivity index (χ2v) is 12.4. The van der Waals surface area contributed by atoms with E-state index in [9.17, 15) is 13.5 Å². The van der Waals surface area contributed by atoms with Crippen molar-refractivity contribution >= 4 is 15.8 Å². The van der Waals surface area contributed by atoms with Crippen LogP contribution in [-0.2, 0) is 21.2 Å². The molecule has 1 aliphatic heterocycles. The number of aliphatic hydroxyl groups is 1. The zero-order chi connectivity index (χ0) is 25.9. The molecule has 0 aromatic carbocycles. The molecule has 0 radical (unpaired) electrons. The van der Waals surface area contributed by atoms with Crippen LogP contribution in [0, 0.1) is 5.92 Å². The van der Waals surface area contributed by atoms with Gasteiger partial charge in [-0.15, -0.1) is 0 Å². The average molecular weight is 506 g/mol. The fourth-order valence-electron chi connectivity index (χ4n) is 4.67. The minimum Gasteiger partial charge on any atom is -0.367 e. The third-order valence-corrected chi connectivity index (χ3v) is 7.03. The van der Waals surface area contributed by atoms with Gasteiger partial charge in [0.1, 0.15) is 5.82 Å². The Morgan fingerprint density at radius 1 is 1.26 bits per heavy atom. The molecule has 0 aliphatic carbocycles. The number of nitrogens with zero attached hydrogens (tertiary/aromatic N) is 3. The number of likely N-dealkylation sites (tertiary alicyclic amines) is 1. The molecule has 10 heteroatoms. The molecule has 2 aromatic heterocycles. The van der Waals surface area contributed by atoms with E-state index >= 15 is 0 Å². The van der Waals surface area contributed by atoms with E-state index in [-0.39, 0.29) is 16.6 Å². The van der Waals surface area contributed by atoms with Gasteiger partial charge in [0, 0.05) is 36.4 Å². The third-order valence-electron chi connectivity index (χ3n) is 6.22. The highest BCUT2D eigenvalue weighted by molar-refractivity contribution is 7.89. The van der Waals surface area contributed by atoms with Crippen LogP contribution in [0.15, 0.2) is 47.6 Å². The number of aromatic nitrogens is 2. The summed E-state index contributed by atoms with van der Waals surface area (Å²) in [5.74, 6) is 0.833. The number of ether oxygens (including phenoxy) is 1. The number of pyridine rings is 2. The second kappa shape index (κ2) is 10.9. The van der Waals surface area contributed by atoms with Gasteiger partial charge in [-0.1, -0.05) is 12.1 Å². The lowest BCUT2D eigenvalue weighted by molar-refractivity contribution is -0.251. The number of primary sulfonamides is 1. The second-order valence-electron chi connectivity index (χ2n) is 10.9. The van der Waals surface area contributed by atoms with E-state index in [2.05, 4.69) is 29.1 Å². The fraction of sp³-hybridized carbons (Fsp3) is 0.600. The summed E-state index contributed by atoms with van der Waals surface area (Å²) in [6.45, 7) is 10.8. The number of anilines is 1. The van der Waals surface area contributed by atoms with Crippen molar-refractivity contribution in [3.8, 4) is 0 Å². The lowest BCUT2D eigenvalue weighted by Gasteiger charge is -2.37. The van der Waals surface area contributed by atoms with Crippen molar-refractivity contribution in [2.45, 2.75) is 88.9 Å². The van der Waals surface area contributed by atoms with Crippen LogP contribution in [-0.4, -0.2) is 58.5 Å². The summed E-state index contributed by atoms with van der Waals surface area (Å²) >= 11 is 0. The van der Waals surface area contributed by atoms with Crippen LogP contribution in [0.3, 0.4) is 0 Å². The minimum atomic E-state index is -3.89. The molecule has 2 unspecified atom stereocenters. The Hall–Kier alpha value is -2.11. The Balaban J connectivity index is 1.70. The van der Waals surface area contributed by atoms with Gasteiger partial charge >= 0.3 is 0 Å². The molecular formula is C25H39N5O4S. The number of nitrogens with two attached hydrogens (primary N) is 1. The van der Waals surface area contributed by atoms with Gasteiger partial charge in [-0.2, -0.15) is 0 Å². The van der Waals surface area contributed by atoms with Crippen molar-refractivity contribution in [3.63, 3.8) is 0 Å².